The van der Waals surface area contributed by atoms with Crippen LogP contribution in [0.15, 0.2) is 68.9 Å². The number of ketones is 2. The second-order valence-electron chi connectivity index (χ2n) is 14.6. The van der Waals surface area contributed by atoms with Crippen LogP contribution >= 0.6 is 0 Å². The largest absolute Gasteiger partial charge is 0.504 e. The number of phenolic OH excluding ortho intramolecular Hbond substituents is 2. The Hall–Kier alpha value is -3.71. The van der Waals surface area contributed by atoms with E-state index in [1.54, 1.807) is 6.92 Å². The van der Waals surface area contributed by atoms with Crippen molar-refractivity contribution in [3.05, 3.63) is 81.3 Å². The molecule has 2 aromatic rings. The van der Waals surface area contributed by atoms with Crippen molar-refractivity contribution < 1.29 is 29.3 Å². The lowest BCUT2D eigenvalue weighted by Crippen LogP contribution is -2.68. The lowest BCUT2D eigenvalue weighted by Gasteiger charge is -2.60. The van der Waals surface area contributed by atoms with Gasteiger partial charge in [0.05, 0.1) is 22.3 Å². The van der Waals surface area contributed by atoms with Gasteiger partial charge < -0.3 is 19.7 Å². The van der Waals surface area contributed by atoms with Crippen LogP contribution < -0.4 is 5.43 Å². The summed E-state index contributed by atoms with van der Waals surface area (Å²) in [5.74, 6) is -2.41. The summed E-state index contributed by atoms with van der Waals surface area (Å²) in [7, 11) is 0. The summed E-state index contributed by atoms with van der Waals surface area (Å²) in [6.45, 7) is 23.6. The van der Waals surface area contributed by atoms with E-state index < -0.39 is 51.0 Å². The van der Waals surface area contributed by atoms with Crippen LogP contribution in [0.2, 0.25) is 0 Å². The first-order valence-electron chi connectivity index (χ1n) is 15.7. The van der Waals surface area contributed by atoms with Gasteiger partial charge in [-0.1, -0.05) is 61.4 Å². The second-order valence-corrected chi connectivity index (χ2v) is 14.6. The minimum absolute atomic E-state index is 0.00894. The summed E-state index contributed by atoms with van der Waals surface area (Å²) in [5.41, 5.74) is -1.21. The lowest BCUT2D eigenvalue weighted by molar-refractivity contribution is -0.152. The third-order valence-corrected chi connectivity index (χ3v) is 10.6. The van der Waals surface area contributed by atoms with Crippen LogP contribution in [0.3, 0.4) is 0 Å². The predicted octanol–water partition coefficient (Wildman–Crippen LogP) is 7.86. The number of phenols is 2. The highest BCUT2D eigenvalue weighted by molar-refractivity contribution is 6.23. The topological polar surface area (TPSA) is 125 Å². The third kappa shape index (κ3) is 5.43. The number of carbonyl (C=O) groups is 2. The monoisotopic (exact) mass is 616 g/mol. The number of aromatic hydroxyl groups is 2. The number of benzene rings is 1. The molecule has 0 amide bonds. The zero-order valence-electron chi connectivity index (χ0n) is 28.0. The van der Waals surface area contributed by atoms with Gasteiger partial charge in [0.1, 0.15) is 16.9 Å². The maximum absolute atomic E-state index is 15.5. The Labute approximate surface area is 266 Å². The highest BCUT2D eigenvalue weighted by Gasteiger charge is 2.72. The van der Waals surface area contributed by atoms with Gasteiger partial charge in [-0.3, -0.25) is 14.4 Å². The molecule has 1 heterocycles. The van der Waals surface area contributed by atoms with E-state index >= 15 is 4.79 Å². The van der Waals surface area contributed by atoms with E-state index in [0.29, 0.717) is 12.0 Å². The van der Waals surface area contributed by atoms with E-state index in [4.69, 9.17) is 4.42 Å². The van der Waals surface area contributed by atoms with Crippen molar-refractivity contribution in [3.63, 3.8) is 0 Å². The minimum atomic E-state index is -1.59. The number of Topliss-reactive ketones (excluding diaryl/α,β-unsaturated/α-hetero) is 2. The Morgan fingerprint density at radius 1 is 0.978 bits per heavy atom. The molecule has 45 heavy (non-hydrogen) atoms. The highest BCUT2D eigenvalue weighted by Crippen LogP contribution is 2.66. The molecule has 3 N–H and O–H groups in total. The Kier molecular flexibility index (Phi) is 9.04. The number of hydrogen-bond acceptors (Lipinski definition) is 7. The van der Waals surface area contributed by atoms with Gasteiger partial charge in [0.25, 0.3) is 0 Å². The maximum Gasteiger partial charge on any atom is 0.204 e. The van der Waals surface area contributed by atoms with Gasteiger partial charge in [-0.05, 0) is 97.0 Å². The molecular weight excluding hydrogens is 568 g/mol. The van der Waals surface area contributed by atoms with Gasteiger partial charge in [0.2, 0.25) is 5.43 Å². The van der Waals surface area contributed by atoms with Crippen LogP contribution in [0.1, 0.15) is 104 Å². The van der Waals surface area contributed by atoms with Gasteiger partial charge in [-0.25, -0.2) is 0 Å². The number of rotatable bonds is 10. The molecule has 2 aliphatic rings. The smallest absolute Gasteiger partial charge is 0.204 e. The fraction of sp³-hybridized carbons (Fsp3) is 0.500. The van der Waals surface area contributed by atoms with Crippen LogP contribution in [-0.2, 0) is 10.2 Å². The van der Waals surface area contributed by atoms with E-state index in [1.165, 1.54) is 0 Å². The average Bonchev–Trinajstić information content (AvgIpc) is 2.93. The fourth-order valence-electron chi connectivity index (χ4n) is 7.55. The fourth-order valence-corrected chi connectivity index (χ4v) is 7.55. The first kappa shape index (κ1) is 34.2. The third-order valence-electron chi connectivity index (χ3n) is 10.6. The number of hydrogen-bond donors (Lipinski definition) is 3. The standard InChI is InChI=1S/C38H48O7/c1-20(2)11-12-25-19-37(18-24(22(5)6)15-27(39)23(7)8)33(43)31-32(42)26-16-28(40)29(41)17-30(26)45-34(31)38(35(37)44,36(25,9)10)14-13-21(3)4/h11,13,16-17,24-25,27,39-41H,5,7,12,14-15,18-19H2,1-4,6,8-10H3/t24-,25-,27?,37-,38+/m1/s1. The number of aliphatic hydroxyl groups excluding tert-OH is 1. The molecule has 242 valence electrons. The Morgan fingerprint density at radius 3 is 2.13 bits per heavy atom. The van der Waals surface area contributed by atoms with Crippen molar-refractivity contribution in [1.29, 1.82) is 0 Å². The lowest BCUT2D eigenvalue weighted by atomic mass is 9.39. The van der Waals surface area contributed by atoms with Gasteiger partial charge >= 0.3 is 0 Å². The zero-order chi connectivity index (χ0) is 33.8. The van der Waals surface area contributed by atoms with Crippen molar-refractivity contribution >= 4 is 22.5 Å². The van der Waals surface area contributed by atoms with Gasteiger partial charge in [0, 0.05) is 6.07 Å². The van der Waals surface area contributed by atoms with Crippen LogP contribution in [0, 0.1) is 22.7 Å². The van der Waals surface area contributed by atoms with Crippen molar-refractivity contribution in [2.75, 3.05) is 0 Å². The first-order valence-corrected chi connectivity index (χ1v) is 15.7. The molecule has 1 aromatic heterocycles. The van der Waals surface area contributed by atoms with Crippen LogP contribution in [0.25, 0.3) is 11.0 Å². The van der Waals surface area contributed by atoms with Gasteiger partial charge in [-0.15, -0.1) is 0 Å². The van der Waals surface area contributed by atoms with E-state index in [9.17, 15) is 24.9 Å². The molecule has 1 saturated carbocycles. The molecule has 7 heteroatoms. The Morgan fingerprint density at radius 2 is 1.58 bits per heavy atom. The average molecular weight is 617 g/mol. The van der Waals surface area contributed by atoms with E-state index in [2.05, 4.69) is 19.2 Å². The molecule has 0 aliphatic heterocycles. The normalized spacial score (nSPS) is 24.9. The van der Waals surface area contributed by atoms with Crippen molar-refractivity contribution in [1.82, 2.24) is 0 Å². The molecular formula is C38H48O7. The molecule has 1 unspecified atom stereocenters. The number of aliphatic hydroxyl groups is 1. The Balaban J connectivity index is 2.16. The predicted molar refractivity (Wildman–Crippen MR) is 178 cm³/mol. The summed E-state index contributed by atoms with van der Waals surface area (Å²) in [5, 5.41) is 31.4. The molecule has 0 saturated heterocycles. The summed E-state index contributed by atoms with van der Waals surface area (Å²) >= 11 is 0. The quantitative estimate of drug-likeness (QED) is 0.141. The van der Waals surface area contributed by atoms with Crippen molar-refractivity contribution in [2.45, 2.75) is 99.0 Å². The minimum Gasteiger partial charge on any atom is -0.504 e. The molecule has 4 rings (SSSR count). The molecule has 1 aromatic carbocycles. The second kappa shape index (κ2) is 11.9. The van der Waals surface area contributed by atoms with Gasteiger partial charge in [-0.2, -0.15) is 0 Å². The Bertz CT molecular complexity index is 1710. The number of fused-ring (bicyclic) bond motifs is 5. The molecule has 1 fully saturated rings. The molecule has 5 atom stereocenters. The molecule has 2 bridgehead atoms. The van der Waals surface area contributed by atoms with Crippen molar-refractivity contribution in [2.24, 2.45) is 22.7 Å². The first-order chi connectivity index (χ1) is 20.8. The maximum atomic E-state index is 15.5. The number of carbonyl (C=O) groups excluding carboxylic acids is 2. The van der Waals surface area contributed by atoms with E-state index in [1.807, 2.05) is 54.5 Å². The SMILES string of the molecule is C=C(C)C(O)C[C@H](C[C@]12C[C@@H](CC=C(C)C)C(C)(C)[C@](CC=C(C)C)(C1=O)c1oc3cc(O)c(O)cc3c(=O)c1C2=O)C(=C)C. The van der Waals surface area contributed by atoms with E-state index in [-0.39, 0.29) is 59.7 Å². The number of allylic oxidation sites excluding steroid dienone is 5. The summed E-state index contributed by atoms with van der Waals surface area (Å²) < 4.78 is 6.44. The summed E-state index contributed by atoms with van der Waals surface area (Å²) in [6.07, 6.45) is 4.61. The van der Waals surface area contributed by atoms with Crippen LogP contribution in [-0.4, -0.2) is 33.0 Å². The van der Waals surface area contributed by atoms with E-state index in [0.717, 1.165) is 28.9 Å². The van der Waals surface area contributed by atoms with Crippen molar-refractivity contribution in [3.8, 4) is 11.5 Å². The summed E-state index contributed by atoms with van der Waals surface area (Å²) in [4.78, 5) is 44.8. The molecule has 7 nitrogen and oxygen atoms in total. The highest BCUT2D eigenvalue weighted by atomic mass is 16.3. The summed E-state index contributed by atoms with van der Waals surface area (Å²) in [6, 6.07) is 2.26. The molecule has 0 radical (unpaired) electrons. The van der Waals surface area contributed by atoms with Gasteiger partial charge in [0.15, 0.2) is 23.1 Å². The molecule has 0 spiro atoms. The molecule has 2 aliphatic carbocycles. The van der Waals surface area contributed by atoms with Crippen LogP contribution in [0.4, 0.5) is 0 Å². The zero-order valence-corrected chi connectivity index (χ0v) is 28.0. The van der Waals surface area contributed by atoms with Crippen LogP contribution in [0.5, 0.6) is 11.5 Å².